The Morgan fingerprint density at radius 1 is 1.00 bits per heavy atom. The average Bonchev–Trinajstić information content (AvgIpc) is 3.18. The van der Waals surface area contributed by atoms with Gasteiger partial charge in [0, 0.05) is 25.1 Å². The highest BCUT2D eigenvalue weighted by Gasteiger charge is 2.32. The van der Waals surface area contributed by atoms with Crippen LogP contribution >= 0.6 is 0 Å². The molecule has 0 bridgehead atoms. The van der Waals surface area contributed by atoms with Gasteiger partial charge in [0.25, 0.3) is 0 Å². The number of nitrogens with zero attached hydrogens (tertiary/aromatic N) is 3. The fourth-order valence-electron chi connectivity index (χ4n) is 4.34. The van der Waals surface area contributed by atoms with Gasteiger partial charge >= 0.3 is 0 Å². The van der Waals surface area contributed by atoms with E-state index in [1.54, 1.807) is 28.9 Å². The molecule has 1 amide bonds. The number of hydrogen-bond acceptors (Lipinski definition) is 5. The second-order valence-electron chi connectivity index (χ2n) is 8.77. The van der Waals surface area contributed by atoms with Crippen LogP contribution in [0.4, 0.5) is 5.82 Å². The maximum Gasteiger partial charge on any atom is 0.243 e. The third-order valence-corrected chi connectivity index (χ3v) is 7.97. The standard InChI is InChI=1S/C25H30N4O4S/c1-17-13-18(2)15-21(14-17)29-24(16-19(3)27-29)26-25(30)20-9-11-28(12-10-20)34(31,32)23-7-5-22(33-4)6-8-23/h5-8,13-16,20H,9-12H2,1-4H3,(H,26,30). The number of rotatable bonds is 6. The van der Waals surface area contributed by atoms with Crippen molar-refractivity contribution in [1.82, 2.24) is 14.1 Å². The Labute approximate surface area is 200 Å². The fraction of sp³-hybridized carbons (Fsp3) is 0.360. The van der Waals surface area contributed by atoms with Gasteiger partial charge < -0.3 is 10.1 Å². The van der Waals surface area contributed by atoms with Crippen LogP contribution in [-0.4, -0.2) is 48.6 Å². The summed E-state index contributed by atoms with van der Waals surface area (Å²) < 4.78 is 34.3. The highest BCUT2D eigenvalue weighted by Crippen LogP contribution is 2.27. The van der Waals surface area contributed by atoms with Crippen LogP contribution in [0.15, 0.2) is 53.4 Å². The van der Waals surface area contributed by atoms with Crippen LogP contribution in [0.5, 0.6) is 5.75 Å². The number of benzene rings is 2. The third kappa shape index (κ3) is 5.00. The van der Waals surface area contributed by atoms with Crippen molar-refractivity contribution in [2.75, 3.05) is 25.5 Å². The summed E-state index contributed by atoms with van der Waals surface area (Å²) in [5.74, 6) is 0.822. The Morgan fingerprint density at radius 2 is 1.62 bits per heavy atom. The number of sulfonamides is 1. The van der Waals surface area contributed by atoms with Gasteiger partial charge in [0.1, 0.15) is 11.6 Å². The number of anilines is 1. The molecule has 1 fully saturated rings. The van der Waals surface area contributed by atoms with E-state index in [9.17, 15) is 13.2 Å². The van der Waals surface area contributed by atoms with E-state index in [2.05, 4.69) is 16.5 Å². The van der Waals surface area contributed by atoms with Crippen LogP contribution in [0.3, 0.4) is 0 Å². The number of hydrogen-bond donors (Lipinski definition) is 1. The van der Waals surface area contributed by atoms with Crippen LogP contribution in [0.25, 0.3) is 5.69 Å². The summed E-state index contributed by atoms with van der Waals surface area (Å²) in [7, 11) is -2.07. The number of carbonyl (C=O) groups excluding carboxylic acids is 1. The Hall–Kier alpha value is -3.17. The zero-order valence-electron chi connectivity index (χ0n) is 19.9. The average molecular weight is 483 g/mol. The molecule has 8 nitrogen and oxygen atoms in total. The number of piperidine rings is 1. The van der Waals surface area contributed by atoms with Gasteiger partial charge in [-0.15, -0.1) is 0 Å². The van der Waals surface area contributed by atoms with Gasteiger partial charge in [-0.3, -0.25) is 4.79 Å². The topological polar surface area (TPSA) is 93.5 Å². The number of aromatic nitrogens is 2. The molecule has 3 aromatic rings. The lowest BCUT2D eigenvalue weighted by molar-refractivity contribution is -0.120. The molecule has 0 unspecified atom stereocenters. The summed E-state index contributed by atoms with van der Waals surface area (Å²) in [5, 5.41) is 7.57. The summed E-state index contributed by atoms with van der Waals surface area (Å²) in [6.45, 7) is 6.53. The van der Waals surface area contributed by atoms with Crippen molar-refractivity contribution in [3.63, 3.8) is 0 Å². The molecule has 9 heteroatoms. The van der Waals surface area contributed by atoms with E-state index in [0.717, 1.165) is 22.5 Å². The Kier molecular flexibility index (Phi) is 6.77. The zero-order chi connectivity index (χ0) is 24.5. The van der Waals surface area contributed by atoms with Crippen molar-refractivity contribution < 1.29 is 17.9 Å². The van der Waals surface area contributed by atoms with Gasteiger partial charge in [0.2, 0.25) is 15.9 Å². The second kappa shape index (κ2) is 9.60. The monoisotopic (exact) mass is 482 g/mol. The maximum absolute atomic E-state index is 13.1. The van der Waals surface area contributed by atoms with Crippen LogP contribution in [-0.2, 0) is 14.8 Å². The number of carbonyl (C=O) groups is 1. The van der Waals surface area contributed by atoms with Crippen LogP contribution < -0.4 is 10.1 Å². The quantitative estimate of drug-likeness (QED) is 0.576. The van der Waals surface area contributed by atoms with Crippen LogP contribution in [0.2, 0.25) is 0 Å². The molecule has 1 aliphatic rings. The molecule has 1 aromatic heterocycles. The van der Waals surface area contributed by atoms with Gasteiger partial charge in [0.05, 0.1) is 23.4 Å². The second-order valence-corrected chi connectivity index (χ2v) is 10.7. The SMILES string of the molecule is COc1ccc(S(=O)(=O)N2CCC(C(=O)Nc3cc(C)nn3-c3cc(C)cc(C)c3)CC2)cc1. The third-order valence-electron chi connectivity index (χ3n) is 6.06. The lowest BCUT2D eigenvalue weighted by Crippen LogP contribution is -2.41. The highest BCUT2D eigenvalue weighted by atomic mass is 32.2. The molecule has 4 rings (SSSR count). The molecule has 0 spiro atoms. The number of amides is 1. The van der Waals surface area contributed by atoms with Gasteiger partial charge in [-0.2, -0.15) is 9.40 Å². The van der Waals surface area contributed by atoms with Crippen molar-refractivity contribution in [2.45, 2.75) is 38.5 Å². The summed E-state index contributed by atoms with van der Waals surface area (Å²) in [5.41, 5.74) is 3.92. The first kappa shape index (κ1) is 24.0. The first-order chi connectivity index (χ1) is 16.2. The van der Waals surface area contributed by atoms with Crippen molar-refractivity contribution in [1.29, 1.82) is 0 Å². The molecule has 180 valence electrons. The van der Waals surface area contributed by atoms with Gasteiger partial charge in [-0.25, -0.2) is 13.1 Å². The molecule has 0 radical (unpaired) electrons. The Balaban J connectivity index is 1.43. The molecule has 0 saturated carbocycles. The number of nitrogens with one attached hydrogen (secondary N) is 1. The molecule has 1 N–H and O–H groups in total. The van der Waals surface area contributed by atoms with Crippen molar-refractivity contribution in [3.8, 4) is 11.4 Å². The lowest BCUT2D eigenvalue weighted by atomic mass is 9.97. The summed E-state index contributed by atoms with van der Waals surface area (Å²) >= 11 is 0. The van der Waals surface area contributed by atoms with Crippen LogP contribution in [0.1, 0.15) is 29.7 Å². The van der Waals surface area contributed by atoms with E-state index >= 15 is 0 Å². The van der Waals surface area contributed by atoms with Crippen molar-refractivity contribution >= 4 is 21.7 Å². The predicted molar refractivity (Wildman–Crippen MR) is 131 cm³/mol. The van der Waals surface area contributed by atoms with E-state index in [4.69, 9.17) is 4.74 Å². The molecule has 1 saturated heterocycles. The minimum Gasteiger partial charge on any atom is -0.497 e. The first-order valence-corrected chi connectivity index (χ1v) is 12.7. The van der Waals surface area contributed by atoms with E-state index in [1.807, 2.05) is 39.0 Å². The molecular weight excluding hydrogens is 452 g/mol. The molecule has 0 atom stereocenters. The van der Waals surface area contributed by atoms with E-state index in [-0.39, 0.29) is 16.7 Å². The first-order valence-electron chi connectivity index (χ1n) is 11.3. The maximum atomic E-state index is 13.1. The summed E-state index contributed by atoms with van der Waals surface area (Å²) in [4.78, 5) is 13.3. The minimum atomic E-state index is -3.61. The smallest absolute Gasteiger partial charge is 0.243 e. The van der Waals surface area contributed by atoms with E-state index < -0.39 is 10.0 Å². The number of ether oxygens (including phenoxy) is 1. The van der Waals surface area contributed by atoms with Gasteiger partial charge in [0.15, 0.2) is 0 Å². The van der Waals surface area contributed by atoms with Crippen LogP contribution in [0, 0.1) is 26.7 Å². The summed E-state index contributed by atoms with van der Waals surface area (Å²) in [6.07, 6.45) is 0.912. The molecule has 34 heavy (non-hydrogen) atoms. The molecule has 2 heterocycles. The Bertz CT molecular complexity index is 1270. The zero-order valence-corrected chi connectivity index (χ0v) is 20.7. The van der Waals surface area contributed by atoms with Crippen molar-refractivity contribution in [3.05, 3.63) is 65.4 Å². The molecule has 2 aromatic carbocycles. The normalized spacial score (nSPS) is 15.3. The van der Waals surface area contributed by atoms with Crippen molar-refractivity contribution in [2.24, 2.45) is 5.92 Å². The minimum absolute atomic E-state index is 0.118. The largest absolute Gasteiger partial charge is 0.497 e. The number of methoxy groups -OCH3 is 1. The fourth-order valence-corrected chi connectivity index (χ4v) is 5.81. The predicted octanol–water partition coefficient (Wildman–Crippen LogP) is 3.85. The van der Waals surface area contributed by atoms with E-state index in [0.29, 0.717) is 37.5 Å². The highest BCUT2D eigenvalue weighted by molar-refractivity contribution is 7.89. The Morgan fingerprint density at radius 3 is 2.21 bits per heavy atom. The number of aryl methyl sites for hydroxylation is 3. The van der Waals surface area contributed by atoms with Gasteiger partial charge in [-0.1, -0.05) is 6.07 Å². The molecule has 0 aliphatic carbocycles. The summed E-state index contributed by atoms with van der Waals surface area (Å²) in [6, 6.07) is 14.3. The van der Waals surface area contributed by atoms with Gasteiger partial charge in [-0.05, 0) is 81.1 Å². The molecule has 1 aliphatic heterocycles. The molecular formula is C25H30N4O4S. The lowest BCUT2D eigenvalue weighted by Gasteiger charge is -2.30. The van der Waals surface area contributed by atoms with E-state index in [1.165, 1.54) is 11.4 Å².